The minimum absolute atomic E-state index is 0.705. The lowest BCUT2D eigenvalue weighted by Crippen LogP contribution is -2.30. The maximum absolute atomic E-state index is 5.94. The fourth-order valence-corrected chi connectivity index (χ4v) is 2.89. The predicted octanol–water partition coefficient (Wildman–Crippen LogP) is 4.68. The summed E-state index contributed by atoms with van der Waals surface area (Å²) in [4.78, 5) is 0. The summed E-state index contributed by atoms with van der Waals surface area (Å²) in [6.45, 7) is 4.00. The summed E-state index contributed by atoms with van der Waals surface area (Å²) >= 11 is 0. The Hall–Kier alpha value is -1.02. The smallest absolute Gasteiger partial charge is 0.123 e. The second-order valence-corrected chi connectivity index (χ2v) is 5.88. The minimum Gasteiger partial charge on any atom is -0.493 e. The van der Waals surface area contributed by atoms with E-state index in [-0.39, 0.29) is 0 Å². The van der Waals surface area contributed by atoms with Gasteiger partial charge in [-0.05, 0) is 25.3 Å². The van der Waals surface area contributed by atoms with Crippen LogP contribution in [0, 0.1) is 0 Å². The first-order valence-corrected chi connectivity index (χ1v) is 8.34. The molecule has 0 aromatic heterocycles. The van der Waals surface area contributed by atoms with Crippen LogP contribution >= 0.6 is 0 Å². The molecule has 2 rings (SSSR count). The molecule has 1 N–H and O–H groups in total. The average molecular weight is 275 g/mol. The van der Waals surface area contributed by atoms with Crippen LogP contribution in [0.25, 0.3) is 0 Å². The SMILES string of the molecule is CCCCCOc1ccccc1CNC1CCCCC1. The maximum Gasteiger partial charge on any atom is 0.123 e. The van der Waals surface area contributed by atoms with Gasteiger partial charge in [-0.2, -0.15) is 0 Å². The molecule has 112 valence electrons. The van der Waals surface area contributed by atoms with Gasteiger partial charge in [0.05, 0.1) is 6.61 Å². The first-order chi connectivity index (χ1) is 9.90. The third kappa shape index (κ3) is 5.16. The molecular weight excluding hydrogens is 246 g/mol. The topological polar surface area (TPSA) is 21.3 Å². The molecule has 2 nitrogen and oxygen atoms in total. The molecule has 1 fully saturated rings. The number of nitrogens with one attached hydrogen (secondary N) is 1. The lowest BCUT2D eigenvalue weighted by Gasteiger charge is -2.23. The quantitative estimate of drug-likeness (QED) is 0.696. The van der Waals surface area contributed by atoms with E-state index in [0.717, 1.165) is 25.3 Å². The molecule has 0 spiro atoms. The monoisotopic (exact) mass is 275 g/mol. The summed E-state index contributed by atoms with van der Waals surface area (Å²) in [7, 11) is 0. The van der Waals surface area contributed by atoms with Gasteiger partial charge in [0.1, 0.15) is 5.75 Å². The van der Waals surface area contributed by atoms with Gasteiger partial charge < -0.3 is 10.1 Å². The molecule has 0 saturated heterocycles. The van der Waals surface area contributed by atoms with E-state index >= 15 is 0 Å². The number of para-hydroxylation sites is 1. The van der Waals surface area contributed by atoms with E-state index in [1.165, 1.54) is 50.5 Å². The molecule has 1 saturated carbocycles. The van der Waals surface area contributed by atoms with Crippen LogP contribution in [0.4, 0.5) is 0 Å². The van der Waals surface area contributed by atoms with Gasteiger partial charge in [0.2, 0.25) is 0 Å². The zero-order chi connectivity index (χ0) is 14.0. The van der Waals surface area contributed by atoms with Gasteiger partial charge in [0, 0.05) is 18.2 Å². The zero-order valence-corrected chi connectivity index (χ0v) is 12.9. The Morgan fingerprint density at radius 1 is 1.10 bits per heavy atom. The van der Waals surface area contributed by atoms with E-state index in [1.807, 2.05) is 0 Å². The lowest BCUT2D eigenvalue weighted by molar-refractivity contribution is 0.300. The van der Waals surface area contributed by atoms with Gasteiger partial charge in [-0.25, -0.2) is 0 Å². The lowest BCUT2D eigenvalue weighted by atomic mass is 9.95. The van der Waals surface area contributed by atoms with Crippen LogP contribution in [0.2, 0.25) is 0 Å². The molecule has 1 aliphatic carbocycles. The molecule has 20 heavy (non-hydrogen) atoms. The number of rotatable bonds is 8. The van der Waals surface area contributed by atoms with Gasteiger partial charge in [-0.15, -0.1) is 0 Å². The molecular formula is C18H29NO. The molecule has 0 bridgehead atoms. The molecule has 2 heteroatoms. The normalized spacial score (nSPS) is 16.2. The van der Waals surface area contributed by atoms with Crippen molar-refractivity contribution in [1.29, 1.82) is 0 Å². The summed E-state index contributed by atoms with van der Waals surface area (Å²) in [5.74, 6) is 1.06. The number of unbranched alkanes of at least 4 members (excludes halogenated alkanes) is 2. The summed E-state index contributed by atoms with van der Waals surface area (Å²) in [5, 5.41) is 3.70. The van der Waals surface area contributed by atoms with Crippen molar-refractivity contribution in [3.8, 4) is 5.75 Å². The Morgan fingerprint density at radius 2 is 1.90 bits per heavy atom. The van der Waals surface area contributed by atoms with Gasteiger partial charge in [-0.3, -0.25) is 0 Å². The standard InChI is InChI=1S/C18H29NO/c1-2-3-9-14-20-18-13-8-7-10-16(18)15-19-17-11-5-4-6-12-17/h7-8,10,13,17,19H,2-6,9,11-12,14-15H2,1H3. The predicted molar refractivity (Wildman–Crippen MR) is 85.2 cm³/mol. The molecule has 1 aromatic carbocycles. The number of hydrogen-bond donors (Lipinski definition) is 1. The highest BCUT2D eigenvalue weighted by molar-refractivity contribution is 5.33. The zero-order valence-electron chi connectivity index (χ0n) is 12.9. The van der Waals surface area contributed by atoms with Crippen molar-refractivity contribution in [2.45, 2.75) is 70.9 Å². The Morgan fingerprint density at radius 3 is 2.70 bits per heavy atom. The molecule has 0 amide bonds. The highest BCUT2D eigenvalue weighted by atomic mass is 16.5. The van der Waals surface area contributed by atoms with E-state index in [9.17, 15) is 0 Å². The summed E-state index contributed by atoms with van der Waals surface area (Å²) in [6, 6.07) is 9.17. The van der Waals surface area contributed by atoms with Crippen LogP contribution in [-0.2, 0) is 6.54 Å². The molecule has 0 unspecified atom stereocenters. The summed E-state index contributed by atoms with van der Waals surface area (Å²) < 4.78 is 5.94. The van der Waals surface area contributed by atoms with Crippen LogP contribution < -0.4 is 10.1 Å². The van der Waals surface area contributed by atoms with Gasteiger partial charge in [0.25, 0.3) is 0 Å². The molecule has 1 aromatic rings. The second-order valence-electron chi connectivity index (χ2n) is 5.88. The van der Waals surface area contributed by atoms with Crippen molar-refractivity contribution in [1.82, 2.24) is 5.32 Å². The number of hydrogen-bond acceptors (Lipinski definition) is 2. The second kappa shape index (κ2) is 9.02. The third-order valence-electron chi connectivity index (χ3n) is 4.16. The Labute approximate surface area is 123 Å². The van der Waals surface area contributed by atoms with Crippen LogP contribution in [0.3, 0.4) is 0 Å². The molecule has 0 radical (unpaired) electrons. The van der Waals surface area contributed by atoms with Crippen LogP contribution in [0.15, 0.2) is 24.3 Å². The highest BCUT2D eigenvalue weighted by Crippen LogP contribution is 2.21. The van der Waals surface area contributed by atoms with Gasteiger partial charge in [-0.1, -0.05) is 57.2 Å². The maximum atomic E-state index is 5.94. The van der Waals surface area contributed by atoms with E-state index in [0.29, 0.717) is 6.04 Å². The van der Waals surface area contributed by atoms with Crippen molar-refractivity contribution < 1.29 is 4.74 Å². The van der Waals surface area contributed by atoms with Crippen molar-refractivity contribution in [3.63, 3.8) is 0 Å². The van der Waals surface area contributed by atoms with E-state index in [1.54, 1.807) is 0 Å². The molecule has 0 aliphatic heterocycles. The van der Waals surface area contributed by atoms with Gasteiger partial charge in [0.15, 0.2) is 0 Å². The first-order valence-electron chi connectivity index (χ1n) is 8.34. The first kappa shape index (κ1) is 15.4. The van der Waals surface area contributed by atoms with Crippen molar-refractivity contribution >= 4 is 0 Å². The molecule has 0 atom stereocenters. The van der Waals surface area contributed by atoms with E-state index in [2.05, 4.69) is 36.5 Å². The molecule has 1 aliphatic rings. The summed E-state index contributed by atoms with van der Waals surface area (Å²) in [6.07, 6.45) is 10.5. The Kier molecular flexibility index (Phi) is 6.93. The Balaban J connectivity index is 1.80. The fourth-order valence-electron chi connectivity index (χ4n) is 2.89. The number of benzene rings is 1. The average Bonchev–Trinajstić information content (AvgIpc) is 2.51. The van der Waals surface area contributed by atoms with Crippen LogP contribution in [-0.4, -0.2) is 12.6 Å². The van der Waals surface area contributed by atoms with Crippen LogP contribution in [0.1, 0.15) is 63.9 Å². The van der Waals surface area contributed by atoms with E-state index in [4.69, 9.17) is 4.74 Å². The minimum atomic E-state index is 0.705. The highest BCUT2D eigenvalue weighted by Gasteiger charge is 2.13. The number of ether oxygens (including phenoxy) is 1. The summed E-state index contributed by atoms with van der Waals surface area (Å²) in [5.41, 5.74) is 1.30. The van der Waals surface area contributed by atoms with Gasteiger partial charge >= 0.3 is 0 Å². The largest absolute Gasteiger partial charge is 0.493 e. The molecule has 0 heterocycles. The van der Waals surface area contributed by atoms with Crippen molar-refractivity contribution in [2.75, 3.05) is 6.61 Å². The van der Waals surface area contributed by atoms with Crippen LogP contribution in [0.5, 0.6) is 5.75 Å². The third-order valence-corrected chi connectivity index (χ3v) is 4.16. The fraction of sp³-hybridized carbons (Fsp3) is 0.667. The van der Waals surface area contributed by atoms with Crippen molar-refractivity contribution in [2.24, 2.45) is 0 Å². The van der Waals surface area contributed by atoms with E-state index < -0.39 is 0 Å². The Bertz CT molecular complexity index is 371. The van der Waals surface area contributed by atoms with Crippen molar-refractivity contribution in [3.05, 3.63) is 29.8 Å².